The SMILES string of the molecule is CCOC(=O)N1CCN([C@@H]2CC(=O)N(c3ccccc3)C2=O)CC1. The number of hydrogen-bond acceptors (Lipinski definition) is 5. The number of anilines is 1. The van der Waals surface area contributed by atoms with Crippen LogP contribution in [0.5, 0.6) is 0 Å². The molecule has 7 heteroatoms. The number of benzene rings is 1. The molecule has 2 heterocycles. The molecule has 128 valence electrons. The minimum absolute atomic E-state index is 0.177. The average Bonchev–Trinajstić information content (AvgIpc) is 2.90. The van der Waals surface area contributed by atoms with Gasteiger partial charge in [-0.05, 0) is 19.1 Å². The zero-order chi connectivity index (χ0) is 17.1. The molecule has 0 saturated carbocycles. The largest absolute Gasteiger partial charge is 0.450 e. The molecule has 0 bridgehead atoms. The second kappa shape index (κ2) is 7.00. The highest BCUT2D eigenvalue weighted by Gasteiger charge is 2.43. The maximum absolute atomic E-state index is 12.7. The van der Waals surface area contributed by atoms with Crippen molar-refractivity contribution in [2.45, 2.75) is 19.4 Å². The van der Waals surface area contributed by atoms with Crippen LogP contribution in [-0.2, 0) is 14.3 Å². The maximum Gasteiger partial charge on any atom is 0.409 e. The van der Waals surface area contributed by atoms with Gasteiger partial charge in [-0.1, -0.05) is 18.2 Å². The molecule has 0 aromatic heterocycles. The summed E-state index contributed by atoms with van der Waals surface area (Å²) in [6.45, 7) is 4.25. The lowest BCUT2D eigenvalue weighted by Crippen LogP contribution is -2.53. The van der Waals surface area contributed by atoms with Gasteiger partial charge in [-0.25, -0.2) is 9.69 Å². The monoisotopic (exact) mass is 331 g/mol. The molecule has 1 aromatic rings. The molecule has 7 nitrogen and oxygen atoms in total. The first-order chi connectivity index (χ1) is 11.6. The zero-order valence-electron chi connectivity index (χ0n) is 13.7. The van der Waals surface area contributed by atoms with E-state index in [9.17, 15) is 14.4 Å². The Morgan fingerprint density at radius 3 is 2.42 bits per heavy atom. The van der Waals surface area contributed by atoms with E-state index in [1.54, 1.807) is 36.1 Å². The number of piperazine rings is 1. The van der Waals surface area contributed by atoms with Crippen LogP contribution in [0.2, 0.25) is 0 Å². The van der Waals surface area contributed by atoms with E-state index < -0.39 is 6.04 Å². The van der Waals surface area contributed by atoms with Crippen molar-refractivity contribution < 1.29 is 19.1 Å². The van der Waals surface area contributed by atoms with Gasteiger partial charge in [0.25, 0.3) is 5.91 Å². The molecular weight excluding hydrogens is 310 g/mol. The van der Waals surface area contributed by atoms with Crippen molar-refractivity contribution in [3.8, 4) is 0 Å². The van der Waals surface area contributed by atoms with Gasteiger partial charge in [-0.3, -0.25) is 14.5 Å². The van der Waals surface area contributed by atoms with Crippen molar-refractivity contribution in [1.29, 1.82) is 0 Å². The fourth-order valence-electron chi connectivity index (χ4n) is 3.18. The van der Waals surface area contributed by atoms with Crippen molar-refractivity contribution in [2.24, 2.45) is 0 Å². The topological polar surface area (TPSA) is 70.2 Å². The highest BCUT2D eigenvalue weighted by Crippen LogP contribution is 2.26. The Morgan fingerprint density at radius 1 is 1.12 bits per heavy atom. The van der Waals surface area contributed by atoms with Gasteiger partial charge in [-0.2, -0.15) is 0 Å². The smallest absolute Gasteiger partial charge is 0.409 e. The average molecular weight is 331 g/mol. The standard InChI is InChI=1S/C17H21N3O4/c1-2-24-17(23)19-10-8-18(9-11-19)14-12-15(21)20(16(14)22)13-6-4-3-5-7-13/h3-7,14H,2,8-12H2,1H3/t14-/m1/s1. The van der Waals surface area contributed by atoms with Crippen LogP contribution in [-0.4, -0.2) is 66.5 Å². The van der Waals surface area contributed by atoms with Crippen LogP contribution >= 0.6 is 0 Å². The van der Waals surface area contributed by atoms with Crippen LogP contribution in [0.25, 0.3) is 0 Å². The van der Waals surface area contributed by atoms with Crippen LogP contribution in [0, 0.1) is 0 Å². The summed E-state index contributed by atoms with van der Waals surface area (Å²) in [5.41, 5.74) is 0.611. The molecule has 2 saturated heterocycles. The van der Waals surface area contributed by atoms with Crippen LogP contribution in [0.15, 0.2) is 30.3 Å². The van der Waals surface area contributed by atoms with Gasteiger partial charge in [0.1, 0.15) is 0 Å². The lowest BCUT2D eigenvalue weighted by atomic mass is 10.2. The van der Waals surface area contributed by atoms with Crippen molar-refractivity contribution in [3.05, 3.63) is 30.3 Å². The molecule has 1 aromatic carbocycles. The molecule has 0 aliphatic carbocycles. The van der Waals surface area contributed by atoms with Crippen LogP contribution in [0.4, 0.5) is 10.5 Å². The number of hydrogen-bond donors (Lipinski definition) is 0. The van der Waals surface area contributed by atoms with Gasteiger partial charge in [0.05, 0.1) is 24.8 Å². The lowest BCUT2D eigenvalue weighted by molar-refractivity contribution is -0.123. The maximum atomic E-state index is 12.7. The second-order valence-corrected chi connectivity index (χ2v) is 5.84. The number of carbonyl (C=O) groups excluding carboxylic acids is 3. The van der Waals surface area contributed by atoms with E-state index in [2.05, 4.69) is 0 Å². The lowest BCUT2D eigenvalue weighted by Gasteiger charge is -2.36. The molecule has 0 radical (unpaired) electrons. The minimum Gasteiger partial charge on any atom is -0.450 e. The number of rotatable bonds is 3. The summed E-state index contributed by atoms with van der Waals surface area (Å²) in [5.74, 6) is -0.361. The molecular formula is C17H21N3O4. The molecule has 1 atom stereocenters. The van der Waals surface area contributed by atoms with Gasteiger partial charge in [0.2, 0.25) is 5.91 Å². The molecule has 3 rings (SSSR count). The van der Waals surface area contributed by atoms with Gasteiger partial charge < -0.3 is 9.64 Å². The van der Waals surface area contributed by atoms with E-state index >= 15 is 0 Å². The molecule has 0 spiro atoms. The molecule has 2 aliphatic rings. The first-order valence-electron chi connectivity index (χ1n) is 8.19. The molecule has 24 heavy (non-hydrogen) atoms. The second-order valence-electron chi connectivity index (χ2n) is 5.84. The van der Waals surface area contributed by atoms with E-state index in [0.29, 0.717) is 38.5 Å². The Hall–Kier alpha value is -2.41. The number of ether oxygens (including phenoxy) is 1. The van der Waals surface area contributed by atoms with E-state index in [0.717, 1.165) is 0 Å². The molecule has 2 fully saturated rings. The Labute approximate surface area is 140 Å². The first-order valence-corrected chi connectivity index (χ1v) is 8.19. The summed E-state index contributed by atoms with van der Waals surface area (Å²) in [4.78, 5) is 41.6. The summed E-state index contributed by atoms with van der Waals surface area (Å²) in [7, 11) is 0. The molecule has 3 amide bonds. The van der Waals surface area contributed by atoms with E-state index in [4.69, 9.17) is 4.74 Å². The van der Waals surface area contributed by atoms with Gasteiger partial charge >= 0.3 is 6.09 Å². The molecule has 0 N–H and O–H groups in total. The number of nitrogens with zero attached hydrogens (tertiary/aromatic N) is 3. The number of para-hydroxylation sites is 1. The fourth-order valence-corrected chi connectivity index (χ4v) is 3.18. The molecule has 0 unspecified atom stereocenters. The van der Waals surface area contributed by atoms with Crippen molar-refractivity contribution in [1.82, 2.24) is 9.80 Å². The third kappa shape index (κ3) is 3.12. The number of carbonyl (C=O) groups is 3. The molecule has 2 aliphatic heterocycles. The Bertz CT molecular complexity index is 626. The highest BCUT2D eigenvalue weighted by atomic mass is 16.6. The fraction of sp³-hybridized carbons (Fsp3) is 0.471. The first kappa shape index (κ1) is 16.4. The Kier molecular flexibility index (Phi) is 4.80. The van der Waals surface area contributed by atoms with Crippen molar-refractivity contribution in [2.75, 3.05) is 37.7 Å². The van der Waals surface area contributed by atoms with Gasteiger partial charge in [0.15, 0.2) is 0 Å². The van der Waals surface area contributed by atoms with Crippen LogP contribution < -0.4 is 4.90 Å². The van der Waals surface area contributed by atoms with E-state index in [1.807, 2.05) is 11.0 Å². The summed E-state index contributed by atoms with van der Waals surface area (Å²) < 4.78 is 4.99. The third-order valence-electron chi connectivity index (χ3n) is 4.42. The number of imide groups is 1. The normalized spacial score (nSPS) is 22.1. The third-order valence-corrected chi connectivity index (χ3v) is 4.42. The Morgan fingerprint density at radius 2 is 1.79 bits per heavy atom. The highest BCUT2D eigenvalue weighted by molar-refractivity contribution is 6.22. The summed E-state index contributed by atoms with van der Waals surface area (Å²) >= 11 is 0. The minimum atomic E-state index is -0.443. The zero-order valence-corrected chi connectivity index (χ0v) is 13.7. The predicted molar refractivity (Wildman–Crippen MR) is 87.5 cm³/mol. The quantitative estimate of drug-likeness (QED) is 0.776. The van der Waals surface area contributed by atoms with Gasteiger partial charge in [0, 0.05) is 26.2 Å². The van der Waals surface area contributed by atoms with Crippen LogP contribution in [0.1, 0.15) is 13.3 Å². The predicted octanol–water partition coefficient (Wildman–Crippen LogP) is 1.09. The summed E-state index contributed by atoms with van der Waals surface area (Å²) in [5, 5.41) is 0. The van der Waals surface area contributed by atoms with Crippen molar-refractivity contribution >= 4 is 23.6 Å². The summed E-state index contributed by atoms with van der Waals surface area (Å²) in [6, 6.07) is 8.54. The Balaban J connectivity index is 1.64. The van der Waals surface area contributed by atoms with Crippen molar-refractivity contribution in [3.63, 3.8) is 0 Å². The summed E-state index contributed by atoms with van der Waals surface area (Å²) in [6.07, 6.45) is -0.135. The van der Waals surface area contributed by atoms with E-state index in [1.165, 1.54) is 4.90 Å². The van der Waals surface area contributed by atoms with Gasteiger partial charge in [-0.15, -0.1) is 0 Å². The van der Waals surface area contributed by atoms with Crippen LogP contribution in [0.3, 0.4) is 0 Å². The number of amides is 3. The van der Waals surface area contributed by atoms with E-state index in [-0.39, 0.29) is 24.3 Å².